The van der Waals surface area contributed by atoms with Crippen molar-refractivity contribution in [2.24, 2.45) is 0 Å². The molecule has 1 aliphatic rings. The van der Waals surface area contributed by atoms with E-state index in [1.807, 2.05) is 35.9 Å². The van der Waals surface area contributed by atoms with E-state index in [0.717, 1.165) is 60.2 Å². The van der Waals surface area contributed by atoms with Crippen LogP contribution in [-0.4, -0.2) is 45.9 Å². The van der Waals surface area contributed by atoms with Crippen LogP contribution in [0.5, 0.6) is 0 Å². The fraction of sp³-hybridized carbons (Fsp3) is 0.353. The number of nitrogens with zero attached hydrogens (tertiary/aromatic N) is 5. The average molecular weight is 309 g/mol. The molecule has 6 nitrogen and oxygen atoms in total. The Morgan fingerprint density at radius 3 is 2.22 bits per heavy atom. The number of benzene rings is 1. The smallest absolute Gasteiger partial charge is 0.197 e. The van der Waals surface area contributed by atoms with Gasteiger partial charge in [-0.2, -0.15) is 5.10 Å². The number of rotatable bonds is 2. The third-order valence-electron chi connectivity index (χ3n) is 4.25. The molecule has 1 aliphatic heterocycles. The van der Waals surface area contributed by atoms with Gasteiger partial charge in [0, 0.05) is 5.69 Å². The van der Waals surface area contributed by atoms with Gasteiger partial charge >= 0.3 is 0 Å². The number of aromatic nitrogens is 4. The second-order valence-corrected chi connectivity index (χ2v) is 6.05. The molecule has 1 aromatic carbocycles. The van der Waals surface area contributed by atoms with E-state index in [9.17, 15) is 0 Å². The van der Waals surface area contributed by atoms with Crippen LogP contribution in [-0.2, 0) is 0 Å². The molecule has 1 saturated heterocycles. The molecule has 1 fully saturated rings. The number of hydrogen-bond acceptors (Lipinski definition) is 4. The van der Waals surface area contributed by atoms with Gasteiger partial charge < -0.3 is 10.2 Å². The summed E-state index contributed by atoms with van der Waals surface area (Å²) in [6, 6.07) is 10.1. The molecule has 0 saturated carbocycles. The van der Waals surface area contributed by atoms with E-state index in [0.29, 0.717) is 0 Å². The number of quaternary nitrogens is 1. The van der Waals surface area contributed by atoms with Crippen molar-refractivity contribution in [3.63, 3.8) is 0 Å². The molecule has 0 amide bonds. The minimum Gasteiger partial charge on any atom is -0.343 e. The first-order valence-electron chi connectivity index (χ1n) is 8.09. The molecule has 118 valence electrons. The second-order valence-electron chi connectivity index (χ2n) is 6.05. The van der Waals surface area contributed by atoms with Crippen LogP contribution in [0.25, 0.3) is 16.9 Å². The molecule has 0 aliphatic carbocycles. The van der Waals surface area contributed by atoms with Crippen molar-refractivity contribution in [2.45, 2.75) is 13.8 Å². The topological polar surface area (TPSA) is 63.5 Å². The summed E-state index contributed by atoms with van der Waals surface area (Å²) in [5.41, 5.74) is 3.91. The minimum absolute atomic E-state index is 0.830. The van der Waals surface area contributed by atoms with Crippen molar-refractivity contribution in [1.29, 1.82) is 0 Å². The van der Waals surface area contributed by atoms with Gasteiger partial charge in [-0.1, -0.05) is 12.1 Å². The third kappa shape index (κ3) is 2.55. The van der Waals surface area contributed by atoms with Crippen LogP contribution >= 0.6 is 0 Å². The summed E-state index contributed by atoms with van der Waals surface area (Å²) in [5.74, 6) is 1.76. The van der Waals surface area contributed by atoms with Crippen LogP contribution in [0.4, 0.5) is 5.82 Å². The fourth-order valence-electron chi connectivity index (χ4n) is 3.14. The first-order chi connectivity index (χ1) is 11.2. The lowest BCUT2D eigenvalue weighted by Crippen LogP contribution is -2.89. The summed E-state index contributed by atoms with van der Waals surface area (Å²) in [6.07, 6.45) is 0. The zero-order valence-electron chi connectivity index (χ0n) is 13.5. The molecule has 0 atom stereocenters. The summed E-state index contributed by atoms with van der Waals surface area (Å²) >= 11 is 0. The zero-order valence-corrected chi connectivity index (χ0v) is 13.5. The fourth-order valence-corrected chi connectivity index (χ4v) is 3.14. The SMILES string of the molecule is Cc1cc(C)n(-c2nc3ccccc3nc2N2CC[NH2+]CC2)n1. The molecule has 0 unspecified atom stereocenters. The number of nitrogens with two attached hydrogens (primary N) is 1. The van der Waals surface area contributed by atoms with Crippen molar-refractivity contribution in [1.82, 2.24) is 19.7 Å². The van der Waals surface area contributed by atoms with E-state index in [1.165, 1.54) is 0 Å². The van der Waals surface area contributed by atoms with E-state index >= 15 is 0 Å². The van der Waals surface area contributed by atoms with Crippen molar-refractivity contribution in [3.05, 3.63) is 41.7 Å². The largest absolute Gasteiger partial charge is 0.343 e. The van der Waals surface area contributed by atoms with E-state index in [-0.39, 0.29) is 0 Å². The Balaban J connectivity index is 1.93. The number of para-hydroxylation sites is 2. The lowest BCUT2D eigenvalue weighted by molar-refractivity contribution is -0.655. The Hall–Kier alpha value is -2.47. The standard InChI is InChI=1S/C17H20N6/c1-12-11-13(2)23(21-12)17-16(22-9-7-18-8-10-22)19-14-5-3-4-6-15(14)20-17/h3-6,11,18H,7-10H2,1-2H3/p+1. The summed E-state index contributed by atoms with van der Waals surface area (Å²) in [7, 11) is 0. The number of hydrogen-bond donors (Lipinski definition) is 1. The summed E-state index contributed by atoms with van der Waals surface area (Å²) in [4.78, 5) is 12.1. The van der Waals surface area contributed by atoms with Gasteiger partial charge in [-0.3, -0.25) is 0 Å². The zero-order chi connectivity index (χ0) is 15.8. The molecule has 2 N–H and O–H groups in total. The number of aryl methyl sites for hydroxylation is 2. The third-order valence-corrected chi connectivity index (χ3v) is 4.25. The maximum atomic E-state index is 4.91. The van der Waals surface area contributed by atoms with Crippen molar-refractivity contribution < 1.29 is 5.32 Å². The van der Waals surface area contributed by atoms with Gasteiger partial charge in [-0.15, -0.1) is 0 Å². The molecular formula is C17H21N6+. The summed E-state index contributed by atoms with van der Waals surface area (Å²) < 4.78 is 1.92. The number of anilines is 1. The van der Waals surface area contributed by atoms with Crippen LogP contribution in [0.3, 0.4) is 0 Å². The predicted octanol–water partition coefficient (Wildman–Crippen LogP) is 0.816. The number of piperazine rings is 1. The molecule has 23 heavy (non-hydrogen) atoms. The summed E-state index contributed by atoms with van der Waals surface area (Å²) in [5, 5.41) is 6.96. The Kier molecular flexibility index (Phi) is 3.46. The Labute approximate surface area is 135 Å². The molecule has 2 aromatic heterocycles. The van der Waals surface area contributed by atoms with E-state index in [1.54, 1.807) is 0 Å². The quantitative estimate of drug-likeness (QED) is 0.761. The van der Waals surface area contributed by atoms with Gasteiger partial charge in [0.25, 0.3) is 0 Å². The van der Waals surface area contributed by atoms with Crippen molar-refractivity contribution in [3.8, 4) is 5.82 Å². The van der Waals surface area contributed by atoms with Crippen LogP contribution < -0.4 is 10.2 Å². The van der Waals surface area contributed by atoms with Crippen LogP contribution in [0, 0.1) is 13.8 Å². The molecule has 6 heteroatoms. The lowest BCUT2D eigenvalue weighted by atomic mass is 10.3. The average Bonchev–Trinajstić information content (AvgIpc) is 2.93. The highest BCUT2D eigenvalue weighted by molar-refractivity contribution is 5.78. The minimum atomic E-state index is 0.830. The van der Waals surface area contributed by atoms with E-state index < -0.39 is 0 Å². The molecule has 0 radical (unpaired) electrons. The van der Waals surface area contributed by atoms with Gasteiger partial charge in [-0.25, -0.2) is 14.6 Å². The molecule has 3 aromatic rings. The van der Waals surface area contributed by atoms with Crippen LogP contribution in [0.15, 0.2) is 30.3 Å². The number of fused-ring (bicyclic) bond motifs is 1. The van der Waals surface area contributed by atoms with Gasteiger partial charge in [0.2, 0.25) is 0 Å². The first kappa shape index (κ1) is 14.1. The van der Waals surface area contributed by atoms with Crippen molar-refractivity contribution in [2.75, 3.05) is 31.1 Å². The van der Waals surface area contributed by atoms with Crippen LogP contribution in [0.1, 0.15) is 11.4 Å². The lowest BCUT2D eigenvalue weighted by Gasteiger charge is -2.27. The van der Waals surface area contributed by atoms with E-state index in [4.69, 9.17) is 9.97 Å². The summed E-state index contributed by atoms with van der Waals surface area (Å²) in [6.45, 7) is 8.22. The van der Waals surface area contributed by atoms with E-state index in [2.05, 4.69) is 28.3 Å². The van der Waals surface area contributed by atoms with Crippen LogP contribution in [0.2, 0.25) is 0 Å². The maximum absolute atomic E-state index is 4.91. The highest BCUT2D eigenvalue weighted by Gasteiger charge is 2.22. The Morgan fingerprint density at radius 2 is 1.61 bits per heavy atom. The maximum Gasteiger partial charge on any atom is 0.197 e. The molecule has 0 spiro atoms. The Bertz CT molecular complexity index is 847. The molecule has 3 heterocycles. The molecule has 4 rings (SSSR count). The van der Waals surface area contributed by atoms with Gasteiger partial charge in [-0.05, 0) is 32.0 Å². The van der Waals surface area contributed by atoms with Gasteiger partial charge in [0.05, 0.1) is 42.9 Å². The Morgan fingerprint density at radius 1 is 0.957 bits per heavy atom. The molecular weight excluding hydrogens is 288 g/mol. The molecule has 0 bridgehead atoms. The van der Waals surface area contributed by atoms with Gasteiger partial charge in [0.1, 0.15) is 0 Å². The highest BCUT2D eigenvalue weighted by Crippen LogP contribution is 2.25. The predicted molar refractivity (Wildman–Crippen MR) is 90.0 cm³/mol. The van der Waals surface area contributed by atoms with Crippen molar-refractivity contribution >= 4 is 16.9 Å². The van der Waals surface area contributed by atoms with Gasteiger partial charge in [0.15, 0.2) is 11.6 Å². The first-order valence-corrected chi connectivity index (χ1v) is 8.09. The highest BCUT2D eigenvalue weighted by atomic mass is 15.4. The monoisotopic (exact) mass is 309 g/mol. The normalized spacial score (nSPS) is 15.3. The second kappa shape index (κ2) is 5.62.